The summed E-state index contributed by atoms with van der Waals surface area (Å²) >= 11 is 3.31. The number of aromatic nitrogens is 2. The number of amides is 1. The summed E-state index contributed by atoms with van der Waals surface area (Å²) in [5.41, 5.74) is 0. The van der Waals surface area contributed by atoms with Gasteiger partial charge in [0.1, 0.15) is 4.60 Å². The number of likely N-dealkylation sites (tertiary alicyclic amines) is 1. The lowest BCUT2D eigenvalue weighted by Gasteiger charge is -2.32. The van der Waals surface area contributed by atoms with Gasteiger partial charge in [0.25, 0.3) is 0 Å². The fourth-order valence-corrected chi connectivity index (χ4v) is 2.53. The Kier molecular flexibility index (Phi) is 4.64. The molecule has 2 rings (SSSR count). The van der Waals surface area contributed by atoms with Crippen molar-refractivity contribution in [3.63, 3.8) is 0 Å². The Morgan fingerprint density at radius 1 is 1.60 bits per heavy atom. The van der Waals surface area contributed by atoms with Gasteiger partial charge in [-0.05, 0) is 28.8 Å². The van der Waals surface area contributed by atoms with E-state index in [0.29, 0.717) is 23.5 Å². The van der Waals surface area contributed by atoms with Crippen molar-refractivity contribution in [2.45, 2.75) is 18.9 Å². The maximum absolute atomic E-state index is 11.0. The van der Waals surface area contributed by atoms with Crippen LogP contribution in [-0.2, 0) is 0 Å². The minimum absolute atomic E-state index is 0.0575. The molecule has 1 unspecified atom stereocenters. The first-order valence-electron chi connectivity index (χ1n) is 6.41. The molecule has 1 aromatic rings. The number of hydrogen-bond acceptors (Lipinski definition) is 5. The van der Waals surface area contributed by atoms with Gasteiger partial charge < -0.3 is 20.2 Å². The molecule has 1 aromatic heterocycles. The van der Waals surface area contributed by atoms with Gasteiger partial charge in [-0.1, -0.05) is 0 Å². The molecule has 1 saturated heterocycles. The van der Waals surface area contributed by atoms with Gasteiger partial charge in [-0.25, -0.2) is 14.8 Å². The fraction of sp³-hybridized carbons (Fsp3) is 0.583. The van der Waals surface area contributed by atoms with Crippen LogP contribution in [0.25, 0.3) is 0 Å². The number of halogens is 1. The van der Waals surface area contributed by atoms with Crippen LogP contribution in [0.3, 0.4) is 0 Å². The average Bonchev–Trinajstić information content (AvgIpc) is 2.38. The molecule has 0 saturated carbocycles. The third kappa shape index (κ3) is 3.50. The highest BCUT2D eigenvalue weighted by molar-refractivity contribution is 9.10. The van der Waals surface area contributed by atoms with Crippen molar-refractivity contribution in [1.29, 1.82) is 0 Å². The van der Waals surface area contributed by atoms with Gasteiger partial charge in [0.05, 0.1) is 6.20 Å². The molecule has 110 valence electrons. The molecule has 0 aliphatic carbocycles. The third-order valence-electron chi connectivity index (χ3n) is 3.18. The number of nitrogens with zero attached hydrogens (tertiary/aromatic N) is 4. The molecule has 20 heavy (non-hydrogen) atoms. The Morgan fingerprint density at radius 3 is 3.00 bits per heavy atom. The van der Waals surface area contributed by atoms with Crippen LogP contribution in [0.15, 0.2) is 10.8 Å². The Labute approximate surface area is 126 Å². The highest BCUT2D eigenvalue weighted by atomic mass is 79.9. The lowest BCUT2D eigenvalue weighted by Crippen LogP contribution is -2.44. The van der Waals surface area contributed by atoms with E-state index in [1.165, 1.54) is 4.90 Å². The van der Waals surface area contributed by atoms with E-state index in [-0.39, 0.29) is 6.04 Å². The van der Waals surface area contributed by atoms with Crippen LogP contribution in [0.4, 0.5) is 16.4 Å². The third-order valence-corrected chi connectivity index (χ3v) is 3.56. The van der Waals surface area contributed by atoms with Gasteiger partial charge in [-0.3, -0.25) is 0 Å². The summed E-state index contributed by atoms with van der Waals surface area (Å²) in [6.45, 7) is 1.06. The van der Waals surface area contributed by atoms with Crippen molar-refractivity contribution in [2.75, 3.05) is 37.4 Å². The summed E-state index contributed by atoms with van der Waals surface area (Å²) in [5.74, 6) is 1.40. The van der Waals surface area contributed by atoms with Crippen LogP contribution in [-0.4, -0.2) is 59.3 Å². The van der Waals surface area contributed by atoms with E-state index in [0.717, 1.165) is 18.7 Å². The molecule has 1 atom stereocenters. The van der Waals surface area contributed by atoms with Crippen molar-refractivity contribution in [3.05, 3.63) is 10.8 Å². The van der Waals surface area contributed by atoms with Gasteiger partial charge in [-0.2, -0.15) is 0 Å². The van der Waals surface area contributed by atoms with Crippen LogP contribution >= 0.6 is 15.9 Å². The lowest BCUT2D eigenvalue weighted by molar-refractivity contribution is 0.133. The molecule has 2 heterocycles. The molecule has 2 N–H and O–H groups in total. The van der Waals surface area contributed by atoms with Crippen LogP contribution in [0, 0.1) is 0 Å². The van der Waals surface area contributed by atoms with Crippen molar-refractivity contribution in [2.24, 2.45) is 0 Å². The molecule has 7 nitrogen and oxygen atoms in total. The minimum Gasteiger partial charge on any atom is -0.465 e. The predicted molar refractivity (Wildman–Crippen MR) is 80.3 cm³/mol. The highest BCUT2D eigenvalue weighted by Gasteiger charge is 2.24. The van der Waals surface area contributed by atoms with Crippen LogP contribution in [0.5, 0.6) is 0 Å². The summed E-state index contributed by atoms with van der Waals surface area (Å²) in [7, 11) is 3.79. The van der Waals surface area contributed by atoms with Gasteiger partial charge in [0.15, 0.2) is 11.6 Å². The van der Waals surface area contributed by atoms with E-state index in [1.54, 1.807) is 6.20 Å². The maximum Gasteiger partial charge on any atom is 0.407 e. The number of carboxylic acid groups (broad SMARTS) is 1. The van der Waals surface area contributed by atoms with Crippen LogP contribution in [0.2, 0.25) is 0 Å². The zero-order valence-corrected chi connectivity index (χ0v) is 13.1. The SMILES string of the molecule is CN(C)c1ncc(Br)nc1NC1CCCN(C(=O)O)C1. The summed E-state index contributed by atoms with van der Waals surface area (Å²) in [5, 5.41) is 12.4. The molecule has 1 amide bonds. The molecule has 0 spiro atoms. The molecule has 0 bridgehead atoms. The predicted octanol–water partition coefficient (Wildman–Crippen LogP) is 1.86. The quantitative estimate of drug-likeness (QED) is 0.871. The summed E-state index contributed by atoms with van der Waals surface area (Å²) in [6, 6.07) is 0.0575. The smallest absolute Gasteiger partial charge is 0.407 e. The van der Waals surface area contributed by atoms with Crippen molar-refractivity contribution in [3.8, 4) is 0 Å². The fourth-order valence-electron chi connectivity index (χ4n) is 2.25. The molecule has 1 fully saturated rings. The largest absolute Gasteiger partial charge is 0.465 e. The highest BCUT2D eigenvalue weighted by Crippen LogP contribution is 2.24. The maximum atomic E-state index is 11.0. The van der Waals surface area contributed by atoms with Crippen LogP contribution < -0.4 is 10.2 Å². The zero-order chi connectivity index (χ0) is 14.7. The second kappa shape index (κ2) is 6.25. The standard InChI is InChI=1S/C12H18BrN5O2/c1-17(2)11-10(16-9(13)6-14-11)15-8-4-3-5-18(7-8)12(19)20/h6,8H,3-5,7H2,1-2H3,(H,15,16)(H,19,20). The van der Waals surface area contributed by atoms with E-state index < -0.39 is 6.09 Å². The Bertz CT molecular complexity index is 497. The van der Waals surface area contributed by atoms with E-state index in [2.05, 4.69) is 31.2 Å². The van der Waals surface area contributed by atoms with Crippen molar-refractivity contribution in [1.82, 2.24) is 14.9 Å². The first kappa shape index (κ1) is 14.8. The molecule has 1 aliphatic heterocycles. The number of anilines is 2. The molecule has 0 aromatic carbocycles. The number of carbonyl (C=O) groups is 1. The first-order chi connectivity index (χ1) is 9.47. The summed E-state index contributed by atoms with van der Waals surface area (Å²) in [6.07, 6.45) is 2.54. The number of nitrogens with one attached hydrogen (secondary N) is 1. The molecular formula is C12H18BrN5O2. The van der Waals surface area contributed by atoms with Crippen molar-refractivity contribution < 1.29 is 9.90 Å². The van der Waals surface area contributed by atoms with Gasteiger partial charge in [0.2, 0.25) is 0 Å². The van der Waals surface area contributed by atoms with Gasteiger partial charge in [0, 0.05) is 33.2 Å². The summed E-state index contributed by atoms with van der Waals surface area (Å²) in [4.78, 5) is 23.1. The number of piperidine rings is 1. The second-order valence-corrected chi connectivity index (χ2v) is 5.78. The van der Waals surface area contributed by atoms with E-state index in [9.17, 15) is 4.79 Å². The van der Waals surface area contributed by atoms with Gasteiger partial charge >= 0.3 is 6.09 Å². The van der Waals surface area contributed by atoms with E-state index in [4.69, 9.17) is 5.11 Å². The Hall–Kier alpha value is -1.57. The normalized spacial score (nSPS) is 18.8. The second-order valence-electron chi connectivity index (χ2n) is 4.97. The van der Waals surface area contributed by atoms with Crippen LogP contribution in [0.1, 0.15) is 12.8 Å². The molecular weight excluding hydrogens is 326 g/mol. The van der Waals surface area contributed by atoms with Gasteiger partial charge in [-0.15, -0.1) is 0 Å². The van der Waals surface area contributed by atoms with E-state index >= 15 is 0 Å². The molecule has 0 radical (unpaired) electrons. The zero-order valence-electron chi connectivity index (χ0n) is 11.5. The first-order valence-corrected chi connectivity index (χ1v) is 7.21. The Morgan fingerprint density at radius 2 is 2.35 bits per heavy atom. The average molecular weight is 344 g/mol. The minimum atomic E-state index is -0.871. The molecule has 8 heteroatoms. The van der Waals surface area contributed by atoms with Crippen molar-refractivity contribution >= 4 is 33.7 Å². The lowest BCUT2D eigenvalue weighted by atomic mass is 10.1. The number of hydrogen-bond donors (Lipinski definition) is 2. The summed E-state index contributed by atoms with van der Waals surface area (Å²) < 4.78 is 0.650. The topological polar surface area (TPSA) is 81.6 Å². The molecule has 1 aliphatic rings. The van der Waals surface area contributed by atoms with E-state index in [1.807, 2.05) is 19.0 Å². The number of rotatable bonds is 3. The Balaban J connectivity index is 2.13. The monoisotopic (exact) mass is 343 g/mol.